The number of fused-ring (bicyclic) bond motifs is 4. The zero-order valence-electron chi connectivity index (χ0n) is 27.7. The van der Waals surface area contributed by atoms with Crippen LogP contribution in [0.4, 0.5) is 0 Å². The molecule has 0 aliphatic carbocycles. The van der Waals surface area contributed by atoms with Crippen LogP contribution < -0.4 is 15.4 Å². The first-order chi connectivity index (χ1) is 24.7. The number of hydrogen-bond acceptors (Lipinski definition) is 9. The van der Waals surface area contributed by atoms with E-state index in [1.54, 1.807) is 12.4 Å². The number of halogens is 2. The number of ether oxygens (including phenoxy) is 1. The Bertz CT molecular complexity index is 2320. The van der Waals surface area contributed by atoms with Gasteiger partial charge in [0.05, 0.1) is 39.4 Å². The summed E-state index contributed by atoms with van der Waals surface area (Å²) in [6.45, 7) is 3.79. The van der Waals surface area contributed by atoms with Gasteiger partial charge >= 0.3 is 0 Å². The van der Waals surface area contributed by atoms with E-state index in [-0.39, 0.29) is 29.1 Å². The maximum atomic E-state index is 12.0. The second-order valence-electron chi connectivity index (χ2n) is 14.6. The maximum Gasteiger partial charge on any atom is 0.239 e. The van der Waals surface area contributed by atoms with Crippen LogP contribution in [0.1, 0.15) is 36.9 Å². The van der Waals surface area contributed by atoms with Crippen LogP contribution in [-0.4, -0.2) is 83.1 Å². The highest BCUT2D eigenvalue weighted by molar-refractivity contribution is 6.39. The van der Waals surface area contributed by atoms with Crippen molar-refractivity contribution < 1.29 is 14.3 Å². The number of benzene rings is 2. The Morgan fingerprint density at radius 1 is 0.863 bits per heavy atom. The van der Waals surface area contributed by atoms with Gasteiger partial charge in [0.1, 0.15) is 16.7 Å². The van der Waals surface area contributed by atoms with E-state index < -0.39 is 0 Å². The van der Waals surface area contributed by atoms with Crippen molar-refractivity contribution in [3.63, 3.8) is 0 Å². The first-order valence-corrected chi connectivity index (χ1v) is 17.9. The molecule has 5 aliphatic rings. The van der Waals surface area contributed by atoms with Crippen LogP contribution in [0, 0.1) is 0 Å². The summed E-state index contributed by atoms with van der Waals surface area (Å²) in [5.41, 5.74) is 7.25. The van der Waals surface area contributed by atoms with Gasteiger partial charge in [-0.2, -0.15) is 0 Å². The molecule has 258 valence electrons. The number of hydrogen-bond donors (Lipinski definition) is 2. The van der Waals surface area contributed by atoms with Crippen molar-refractivity contribution in [2.75, 3.05) is 19.6 Å². The van der Waals surface area contributed by atoms with Gasteiger partial charge in [-0.15, -0.1) is 0 Å². The van der Waals surface area contributed by atoms with Gasteiger partial charge < -0.3 is 19.9 Å². The van der Waals surface area contributed by atoms with Gasteiger partial charge in [0.2, 0.25) is 17.7 Å². The number of nitrogens with one attached hydrogen (secondary N) is 2. The van der Waals surface area contributed by atoms with E-state index >= 15 is 0 Å². The van der Waals surface area contributed by atoms with Crippen molar-refractivity contribution in [3.05, 3.63) is 76.3 Å². The first kappa shape index (κ1) is 31.1. The van der Waals surface area contributed by atoms with Crippen molar-refractivity contribution in [1.29, 1.82) is 0 Å². The van der Waals surface area contributed by atoms with Crippen molar-refractivity contribution >= 4 is 46.2 Å². The van der Waals surface area contributed by atoms with Crippen LogP contribution in [0.3, 0.4) is 0 Å². The molecule has 2 atom stereocenters. The predicted molar refractivity (Wildman–Crippen MR) is 191 cm³/mol. The van der Waals surface area contributed by atoms with E-state index in [1.165, 1.54) is 0 Å². The minimum atomic E-state index is -0.364. The number of likely N-dealkylation sites (tertiary alicyclic amines) is 1. The molecular formula is C37H33Cl2N9O3. The Morgan fingerprint density at radius 3 is 2.22 bits per heavy atom. The summed E-state index contributed by atoms with van der Waals surface area (Å²) in [5, 5.41) is 7.28. The molecule has 8 heterocycles. The Kier molecular flexibility index (Phi) is 6.83. The summed E-state index contributed by atoms with van der Waals surface area (Å²) >= 11 is 14.3. The Labute approximate surface area is 303 Å². The average molecular weight is 723 g/mol. The van der Waals surface area contributed by atoms with Crippen LogP contribution in [0.25, 0.3) is 44.8 Å². The van der Waals surface area contributed by atoms with Gasteiger partial charge in [0, 0.05) is 86.6 Å². The highest BCUT2D eigenvalue weighted by Gasteiger charge is 2.59. The number of amides is 2. The smallest absolute Gasteiger partial charge is 0.239 e. The maximum absolute atomic E-state index is 12.0. The van der Waals surface area contributed by atoms with E-state index in [2.05, 4.69) is 26.6 Å². The summed E-state index contributed by atoms with van der Waals surface area (Å²) < 4.78 is 8.35. The lowest BCUT2D eigenvalue weighted by atomic mass is 9.84. The summed E-state index contributed by atoms with van der Waals surface area (Å²) in [4.78, 5) is 47.8. The predicted octanol–water partition coefficient (Wildman–Crippen LogP) is 4.71. The van der Waals surface area contributed by atoms with Crippen LogP contribution in [-0.2, 0) is 29.7 Å². The largest absolute Gasteiger partial charge is 0.454 e. The zero-order valence-corrected chi connectivity index (χ0v) is 29.3. The molecule has 0 bridgehead atoms. The summed E-state index contributed by atoms with van der Waals surface area (Å²) in [6.07, 6.45) is 8.09. The number of carbonyl (C=O) groups is 2. The summed E-state index contributed by atoms with van der Waals surface area (Å²) in [7, 11) is 1.98. The van der Waals surface area contributed by atoms with Gasteiger partial charge in [-0.1, -0.05) is 59.6 Å². The summed E-state index contributed by atoms with van der Waals surface area (Å²) in [6, 6.07) is 11.6. The van der Waals surface area contributed by atoms with Crippen molar-refractivity contribution in [1.82, 2.24) is 44.9 Å². The first-order valence-electron chi connectivity index (χ1n) is 17.2. The summed E-state index contributed by atoms with van der Waals surface area (Å²) in [5.74, 6) is 0.672. The third-order valence-corrected chi connectivity index (χ3v) is 11.9. The molecule has 2 amide bonds. The number of rotatable bonds is 5. The topological polar surface area (TPSA) is 130 Å². The van der Waals surface area contributed by atoms with E-state index in [4.69, 9.17) is 47.9 Å². The minimum absolute atomic E-state index is 0.0607. The number of nitrogens with zero attached hydrogens (tertiary/aromatic N) is 7. The molecule has 5 aromatic rings. The third kappa shape index (κ3) is 4.87. The number of aromatic nitrogens is 5. The molecule has 5 aliphatic heterocycles. The monoisotopic (exact) mass is 721 g/mol. The van der Waals surface area contributed by atoms with Gasteiger partial charge in [-0.05, 0) is 12.8 Å². The van der Waals surface area contributed by atoms with Crippen LogP contribution in [0.2, 0.25) is 10.0 Å². The fourth-order valence-corrected chi connectivity index (χ4v) is 9.31. The van der Waals surface area contributed by atoms with Crippen LogP contribution in [0.5, 0.6) is 5.88 Å². The Balaban J connectivity index is 0.927. The fraction of sp³-hybridized carbons (Fsp3) is 0.351. The third-order valence-electron chi connectivity index (χ3n) is 11.1. The van der Waals surface area contributed by atoms with E-state index in [0.29, 0.717) is 52.3 Å². The zero-order chi connectivity index (χ0) is 34.6. The van der Waals surface area contributed by atoms with E-state index in [0.717, 1.165) is 78.1 Å². The molecule has 2 N–H and O–H groups in total. The van der Waals surface area contributed by atoms with Crippen molar-refractivity contribution in [2.45, 2.75) is 56.1 Å². The lowest BCUT2D eigenvalue weighted by molar-refractivity contribution is -0.160. The fourth-order valence-electron chi connectivity index (χ4n) is 8.66. The Hall–Kier alpha value is -4.62. The van der Waals surface area contributed by atoms with Crippen LogP contribution >= 0.6 is 23.2 Å². The second-order valence-corrected chi connectivity index (χ2v) is 15.3. The SMILES string of the molecule is Cn1cc(CN2CC3(CCC(=O)N3)C2)c2ncc(-c3cccc(-c4cccc(-c5cnc6c(n5)OC5N(C6)CC56CCC(=O)N6)c4Cl)c3Cl)nc21. The normalized spacial score (nSPS) is 23.5. The molecular weight excluding hydrogens is 689 g/mol. The molecule has 12 nitrogen and oxygen atoms in total. The molecule has 2 aromatic carbocycles. The van der Waals surface area contributed by atoms with Gasteiger partial charge in [-0.3, -0.25) is 29.4 Å². The molecule has 2 unspecified atom stereocenters. The van der Waals surface area contributed by atoms with Gasteiger partial charge in [0.25, 0.3) is 0 Å². The quantitative estimate of drug-likeness (QED) is 0.265. The molecule has 0 radical (unpaired) electrons. The molecule has 4 fully saturated rings. The number of carbonyl (C=O) groups excluding carboxylic acids is 2. The van der Waals surface area contributed by atoms with E-state index in [1.807, 2.05) is 48.0 Å². The molecule has 51 heavy (non-hydrogen) atoms. The average Bonchev–Trinajstić information content (AvgIpc) is 3.79. The molecule has 0 saturated carbocycles. The number of aryl methyl sites for hydroxylation is 1. The van der Waals surface area contributed by atoms with Gasteiger partial charge in [-0.25, -0.2) is 9.97 Å². The lowest BCUT2D eigenvalue weighted by Gasteiger charge is -2.56. The highest BCUT2D eigenvalue weighted by Crippen LogP contribution is 2.45. The van der Waals surface area contributed by atoms with Crippen molar-refractivity contribution in [3.8, 4) is 39.5 Å². The van der Waals surface area contributed by atoms with Crippen molar-refractivity contribution in [2.24, 2.45) is 7.05 Å². The van der Waals surface area contributed by atoms with E-state index in [9.17, 15) is 9.59 Å². The van der Waals surface area contributed by atoms with Gasteiger partial charge in [0.15, 0.2) is 11.9 Å². The molecule has 3 aromatic heterocycles. The second kappa shape index (κ2) is 11.2. The molecule has 10 rings (SSSR count). The molecule has 2 spiro atoms. The highest BCUT2D eigenvalue weighted by atomic mass is 35.5. The lowest BCUT2D eigenvalue weighted by Crippen LogP contribution is -2.76. The van der Waals surface area contributed by atoms with Crippen LogP contribution in [0.15, 0.2) is 55.0 Å². The molecule has 14 heteroatoms. The Morgan fingerprint density at radius 2 is 1.53 bits per heavy atom. The molecule has 4 saturated heterocycles. The standard InChI is InChI=1S/C37H33Cl2N9O3/c1-46-14-20(15-47-17-36(18-47)10-8-28(49)44-36)32-33(46)42-25(13-41-32)23-6-2-4-21(30(23)38)22-5-3-7-24(31(22)39)26-12-40-27-16-48-19-37(11-9-29(50)45-37)35(48)51-34(27)43-26/h2-7,12-14,35H,8-11,15-19H2,1H3,(H,44,49)(H,45,50). The minimum Gasteiger partial charge on any atom is -0.454 e.